The van der Waals surface area contributed by atoms with Crippen LogP contribution in [-0.2, 0) is 14.3 Å². The highest BCUT2D eigenvalue weighted by Crippen LogP contribution is 2.20. The first kappa shape index (κ1) is 82.3. The molecule has 0 radical (unpaired) electrons. The van der Waals surface area contributed by atoms with Crippen LogP contribution in [0, 0.1) is 0 Å². The van der Waals surface area contributed by atoms with Crippen LogP contribution in [0.1, 0.15) is 438 Å². The van der Waals surface area contributed by atoms with Crippen LogP contribution in [0.5, 0.6) is 0 Å². The zero-order valence-electron chi connectivity index (χ0n) is 57.2. The average molecular weight is 1180 g/mol. The number of nitrogens with one attached hydrogen (secondary N) is 1. The van der Waals surface area contributed by atoms with Gasteiger partial charge < -0.3 is 20.3 Å². The molecule has 0 heterocycles. The van der Waals surface area contributed by atoms with Crippen LogP contribution in [0.2, 0.25) is 0 Å². The molecule has 84 heavy (non-hydrogen) atoms. The van der Waals surface area contributed by atoms with Gasteiger partial charge in [0, 0.05) is 12.8 Å². The Morgan fingerprint density at radius 3 is 0.952 bits per heavy atom. The van der Waals surface area contributed by atoms with Crippen molar-refractivity contribution in [3.8, 4) is 0 Å². The van der Waals surface area contributed by atoms with E-state index in [1.165, 1.54) is 353 Å². The number of aliphatic hydroxyl groups is 2. The number of carbonyl (C=O) groups excluding carboxylic acids is 2. The Bertz CT molecular complexity index is 1320. The summed E-state index contributed by atoms with van der Waals surface area (Å²) < 4.78 is 5.48. The fourth-order valence-corrected chi connectivity index (χ4v) is 12.4. The molecule has 0 bridgehead atoms. The van der Waals surface area contributed by atoms with E-state index < -0.39 is 12.1 Å². The van der Waals surface area contributed by atoms with Crippen LogP contribution >= 0.6 is 0 Å². The molecule has 2 unspecified atom stereocenters. The standard InChI is InChI=1S/C78H151NO5/c1-3-5-7-9-11-13-15-17-18-19-20-21-31-34-37-40-43-47-50-54-58-62-66-70-76(81)75(74-80)79-77(82)71-67-63-59-55-51-48-44-41-38-35-32-29-27-25-23-22-24-26-28-30-33-36-39-42-45-49-53-57-61-65-69-73-84-78(83)72-68-64-60-56-52-46-16-14-12-10-8-6-4-2/h8,10,14,16,75-76,80-81H,3-7,9,11-13,15,17-74H2,1-2H3,(H,79,82)/b10-8-,16-14-. The number of hydrogen-bond acceptors (Lipinski definition) is 5. The normalized spacial score (nSPS) is 12.6. The highest BCUT2D eigenvalue weighted by molar-refractivity contribution is 5.76. The lowest BCUT2D eigenvalue weighted by Crippen LogP contribution is -2.45. The first-order valence-electron chi connectivity index (χ1n) is 38.6. The molecule has 0 aliphatic heterocycles. The molecule has 6 heteroatoms. The summed E-state index contributed by atoms with van der Waals surface area (Å²) in [6.07, 6.45) is 94.1. The molecular formula is C78H151NO5. The molecule has 0 fully saturated rings. The lowest BCUT2D eigenvalue weighted by atomic mass is 10.0. The number of hydrogen-bond donors (Lipinski definition) is 3. The van der Waals surface area contributed by atoms with E-state index in [0.717, 1.165) is 51.4 Å². The van der Waals surface area contributed by atoms with Gasteiger partial charge in [-0.05, 0) is 51.4 Å². The van der Waals surface area contributed by atoms with Gasteiger partial charge in [-0.15, -0.1) is 0 Å². The lowest BCUT2D eigenvalue weighted by Gasteiger charge is -2.22. The van der Waals surface area contributed by atoms with Crippen molar-refractivity contribution >= 4 is 11.9 Å². The van der Waals surface area contributed by atoms with Crippen LogP contribution in [0.3, 0.4) is 0 Å². The third-order valence-electron chi connectivity index (χ3n) is 18.2. The van der Waals surface area contributed by atoms with Crippen molar-refractivity contribution in [1.82, 2.24) is 5.32 Å². The summed E-state index contributed by atoms with van der Waals surface area (Å²) in [6, 6.07) is -0.539. The molecular weight excluding hydrogens is 1030 g/mol. The Morgan fingerprint density at radius 1 is 0.333 bits per heavy atom. The zero-order chi connectivity index (χ0) is 60.6. The van der Waals surface area contributed by atoms with Crippen LogP contribution in [0.15, 0.2) is 24.3 Å². The molecule has 0 spiro atoms. The Hall–Kier alpha value is -1.66. The molecule has 0 saturated heterocycles. The molecule has 0 rings (SSSR count). The Balaban J connectivity index is 3.34. The minimum absolute atomic E-state index is 0.00611. The summed E-state index contributed by atoms with van der Waals surface area (Å²) in [4.78, 5) is 24.6. The third-order valence-corrected chi connectivity index (χ3v) is 18.2. The minimum atomic E-state index is -0.662. The fourth-order valence-electron chi connectivity index (χ4n) is 12.4. The maximum Gasteiger partial charge on any atom is 0.305 e. The third kappa shape index (κ3) is 69.4. The molecule has 2 atom stereocenters. The second-order valence-corrected chi connectivity index (χ2v) is 26.7. The van der Waals surface area contributed by atoms with E-state index in [1.54, 1.807) is 0 Å². The summed E-state index contributed by atoms with van der Waals surface area (Å²) in [5.74, 6) is -0.0192. The monoisotopic (exact) mass is 1180 g/mol. The number of unbranched alkanes of at least 4 members (excludes halogenated alkanes) is 58. The molecule has 0 aliphatic rings. The second-order valence-electron chi connectivity index (χ2n) is 26.7. The van der Waals surface area contributed by atoms with Gasteiger partial charge in [-0.3, -0.25) is 9.59 Å². The summed E-state index contributed by atoms with van der Waals surface area (Å²) in [5, 5.41) is 23.5. The van der Waals surface area contributed by atoms with Crippen molar-refractivity contribution in [2.45, 2.75) is 450 Å². The predicted molar refractivity (Wildman–Crippen MR) is 370 cm³/mol. The van der Waals surface area contributed by atoms with Gasteiger partial charge in [0.25, 0.3) is 0 Å². The molecule has 0 saturated carbocycles. The van der Waals surface area contributed by atoms with Crippen molar-refractivity contribution in [3.05, 3.63) is 24.3 Å². The Kier molecular flexibility index (Phi) is 72.3. The number of allylic oxidation sites excluding steroid dienone is 4. The average Bonchev–Trinajstić information content (AvgIpc) is 3.51. The SMILES string of the molecule is CCC/C=C\C/C=C\CCCCCCCC(=O)OCCCCCCCCCCCCCCCCCCCCCCCCCCCCCCCCCC(=O)NC(CO)C(O)CCCCCCCCCCCCCCCCCCCCCCCCC. The Labute approximate surface area is 526 Å². The van der Waals surface area contributed by atoms with Gasteiger partial charge in [-0.1, -0.05) is 398 Å². The summed E-state index contributed by atoms with van der Waals surface area (Å²) in [7, 11) is 0. The lowest BCUT2D eigenvalue weighted by molar-refractivity contribution is -0.143. The van der Waals surface area contributed by atoms with E-state index in [9.17, 15) is 19.8 Å². The molecule has 3 N–H and O–H groups in total. The van der Waals surface area contributed by atoms with E-state index in [0.29, 0.717) is 25.9 Å². The van der Waals surface area contributed by atoms with E-state index in [2.05, 4.69) is 43.5 Å². The number of aliphatic hydroxyl groups excluding tert-OH is 2. The van der Waals surface area contributed by atoms with E-state index in [4.69, 9.17) is 4.74 Å². The fraction of sp³-hybridized carbons (Fsp3) is 0.923. The number of ether oxygens (including phenoxy) is 1. The van der Waals surface area contributed by atoms with Gasteiger partial charge in [-0.25, -0.2) is 0 Å². The summed E-state index contributed by atoms with van der Waals surface area (Å²) in [5.41, 5.74) is 0. The molecule has 1 amide bonds. The number of rotatable bonds is 73. The van der Waals surface area contributed by atoms with Gasteiger partial charge in [0.05, 0.1) is 25.4 Å². The molecule has 498 valence electrons. The second kappa shape index (κ2) is 73.8. The molecule has 0 aromatic carbocycles. The predicted octanol–water partition coefficient (Wildman–Crippen LogP) is 25.3. The van der Waals surface area contributed by atoms with Gasteiger partial charge in [0.1, 0.15) is 0 Å². The Morgan fingerprint density at radius 2 is 0.619 bits per heavy atom. The van der Waals surface area contributed by atoms with Crippen molar-refractivity contribution < 1.29 is 24.5 Å². The van der Waals surface area contributed by atoms with E-state index in [-0.39, 0.29) is 18.5 Å². The summed E-state index contributed by atoms with van der Waals surface area (Å²) >= 11 is 0. The number of carbonyl (C=O) groups is 2. The largest absolute Gasteiger partial charge is 0.466 e. The van der Waals surface area contributed by atoms with Gasteiger partial charge in [0.2, 0.25) is 5.91 Å². The maximum atomic E-state index is 12.6. The van der Waals surface area contributed by atoms with Crippen molar-refractivity contribution in [3.63, 3.8) is 0 Å². The molecule has 0 aromatic heterocycles. The van der Waals surface area contributed by atoms with Crippen LogP contribution in [0.4, 0.5) is 0 Å². The van der Waals surface area contributed by atoms with Gasteiger partial charge >= 0.3 is 5.97 Å². The molecule has 6 nitrogen and oxygen atoms in total. The topological polar surface area (TPSA) is 95.9 Å². The van der Waals surface area contributed by atoms with Crippen LogP contribution in [-0.4, -0.2) is 47.4 Å². The van der Waals surface area contributed by atoms with Crippen LogP contribution in [0.25, 0.3) is 0 Å². The smallest absolute Gasteiger partial charge is 0.305 e. The first-order valence-corrected chi connectivity index (χ1v) is 38.6. The number of esters is 1. The van der Waals surface area contributed by atoms with Crippen LogP contribution < -0.4 is 5.32 Å². The van der Waals surface area contributed by atoms with Gasteiger partial charge in [-0.2, -0.15) is 0 Å². The van der Waals surface area contributed by atoms with Crippen molar-refractivity contribution in [2.24, 2.45) is 0 Å². The molecule has 0 aromatic rings. The number of amides is 1. The van der Waals surface area contributed by atoms with Crippen molar-refractivity contribution in [1.29, 1.82) is 0 Å². The first-order chi connectivity index (χ1) is 41.5. The van der Waals surface area contributed by atoms with Crippen molar-refractivity contribution in [2.75, 3.05) is 13.2 Å². The molecule has 0 aliphatic carbocycles. The van der Waals surface area contributed by atoms with Gasteiger partial charge in [0.15, 0.2) is 0 Å². The maximum absolute atomic E-state index is 12.6. The van der Waals surface area contributed by atoms with E-state index >= 15 is 0 Å². The quantitative estimate of drug-likeness (QED) is 0.0320. The minimum Gasteiger partial charge on any atom is -0.466 e. The highest BCUT2D eigenvalue weighted by Gasteiger charge is 2.20. The zero-order valence-corrected chi connectivity index (χ0v) is 57.2. The highest BCUT2D eigenvalue weighted by atomic mass is 16.5. The van der Waals surface area contributed by atoms with E-state index in [1.807, 2.05) is 0 Å². The summed E-state index contributed by atoms with van der Waals surface area (Å²) in [6.45, 7) is 4.93.